The molecule has 0 radical (unpaired) electrons. The highest BCUT2D eigenvalue weighted by Gasteiger charge is 2.39. The number of carboxylic acids is 1. The number of unbranched alkanes of at least 4 members (excludes halogenated alkanes) is 2. The lowest BCUT2D eigenvalue weighted by molar-refractivity contribution is -0.192. The molecule has 354 valence electrons. The van der Waals surface area contributed by atoms with Crippen LogP contribution in [0.5, 0.6) is 0 Å². The molecule has 5 rings (SSSR count). The summed E-state index contributed by atoms with van der Waals surface area (Å²) in [5.74, 6) is -3.56. The number of carboxylic acid groups (broad SMARTS) is 1. The maximum absolute atomic E-state index is 15.2. The van der Waals surface area contributed by atoms with Gasteiger partial charge in [0.25, 0.3) is 11.8 Å². The maximum Gasteiger partial charge on any atom is 0.490 e. The molecule has 3 N–H and O–H groups in total. The Hall–Kier alpha value is -5.36. The first-order valence-corrected chi connectivity index (χ1v) is 22.8. The lowest BCUT2D eigenvalue weighted by Crippen LogP contribution is -2.45. The second kappa shape index (κ2) is 24.8. The summed E-state index contributed by atoms with van der Waals surface area (Å²) in [6.45, 7) is 9.74. The van der Waals surface area contributed by atoms with Crippen LogP contribution in [0.4, 0.5) is 22.0 Å². The van der Waals surface area contributed by atoms with Gasteiger partial charge in [-0.3, -0.25) is 28.9 Å². The molecule has 1 fully saturated rings. The predicted octanol–water partition coefficient (Wildman–Crippen LogP) is 7.71. The molecule has 3 heterocycles. The van der Waals surface area contributed by atoms with E-state index in [9.17, 15) is 41.5 Å². The van der Waals surface area contributed by atoms with Gasteiger partial charge in [-0.2, -0.15) is 24.9 Å². The Morgan fingerprint density at radius 1 is 0.923 bits per heavy atom. The molecule has 12 nitrogen and oxygen atoms in total. The fourth-order valence-electron chi connectivity index (χ4n) is 7.67. The number of hydrogen-bond donors (Lipinski definition) is 3. The second-order valence-corrected chi connectivity index (χ2v) is 18.2. The summed E-state index contributed by atoms with van der Waals surface area (Å²) in [6.07, 6.45) is 3.90. The van der Waals surface area contributed by atoms with Crippen molar-refractivity contribution in [1.82, 2.24) is 25.0 Å². The summed E-state index contributed by atoms with van der Waals surface area (Å²) in [4.78, 5) is 74.7. The van der Waals surface area contributed by atoms with Crippen LogP contribution in [-0.4, -0.2) is 105 Å². The number of amides is 4. The average molecular weight is 932 g/mol. The van der Waals surface area contributed by atoms with Crippen LogP contribution < -0.4 is 10.6 Å². The van der Waals surface area contributed by atoms with E-state index in [4.69, 9.17) is 9.90 Å². The Bertz CT molecular complexity index is 2120. The minimum atomic E-state index is -5.08. The van der Waals surface area contributed by atoms with Crippen LogP contribution in [0.25, 0.3) is 11.1 Å². The minimum absolute atomic E-state index is 0.0447. The Balaban J connectivity index is 0.00000122. The third kappa shape index (κ3) is 16.9. The van der Waals surface area contributed by atoms with Crippen LogP contribution >= 0.6 is 11.8 Å². The van der Waals surface area contributed by atoms with Gasteiger partial charge in [0.05, 0.1) is 11.8 Å². The highest BCUT2D eigenvalue weighted by molar-refractivity contribution is 7.99. The van der Waals surface area contributed by atoms with Crippen molar-refractivity contribution >= 4 is 47.1 Å². The number of nitrogens with zero attached hydrogens (tertiary/aromatic N) is 3. The van der Waals surface area contributed by atoms with Crippen LogP contribution in [0.2, 0.25) is 0 Å². The van der Waals surface area contributed by atoms with Crippen LogP contribution in [0, 0.1) is 23.0 Å². The number of Topliss-reactive ketones (excluding diaryl/α,β-unsaturated/α-hetero) is 1. The number of alkyl halides is 3. The van der Waals surface area contributed by atoms with Crippen molar-refractivity contribution in [2.45, 2.75) is 90.9 Å². The molecule has 0 spiro atoms. The number of carbonyl (C=O) groups excluding carboxylic acids is 5. The first-order chi connectivity index (χ1) is 30.7. The van der Waals surface area contributed by atoms with Crippen LogP contribution in [0.1, 0.15) is 89.4 Å². The van der Waals surface area contributed by atoms with Crippen molar-refractivity contribution in [1.29, 1.82) is 0 Å². The summed E-state index contributed by atoms with van der Waals surface area (Å²) in [6, 6.07) is 14.9. The van der Waals surface area contributed by atoms with Crippen LogP contribution in [0.15, 0.2) is 72.9 Å². The van der Waals surface area contributed by atoms with E-state index < -0.39 is 35.2 Å². The van der Waals surface area contributed by atoms with Crippen molar-refractivity contribution in [2.24, 2.45) is 11.3 Å². The highest BCUT2D eigenvalue weighted by Crippen LogP contribution is 2.42. The lowest BCUT2D eigenvalue weighted by atomic mass is 9.82. The number of ketones is 1. The number of aliphatic carboxylic acids is 1. The Labute approximate surface area is 380 Å². The van der Waals surface area contributed by atoms with E-state index in [1.54, 1.807) is 0 Å². The molecule has 1 saturated heterocycles. The monoisotopic (exact) mass is 931 g/mol. The summed E-state index contributed by atoms with van der Waals surface area (Å²) in [7, 11) is 0. The van der Waals surface area contributed by atoms with E-state index >= 15 is 4.39 Å². The minimum Gasteiger partial charge on any atom is -0.475 e. The van der Waals surface area contributed by atoms with Crippen molar-refractivity contribution < 1.29 is 55.8 Å². The van der Waals surface area contributed by atoms with Gasteiger partial charge in [-0.05, 0) is 79.9 Å². The zero-order chi connectivity index (χ0) is 47.7. The molecule has 1 unspecified atom stereocenters. The Kier molecular flexibility index (Phi) is 19.9. The number of nitrogens with one attached hydrogen (secondary N) is 2. The number of thioether (sulfide) groups is 1. The quantitative estimate of drug-likeness (QED) is 0.0522. The van der Waals surface area contributed by atoms with E-state index in [0.29, 0.717) is 69.6 Å². The van der Waals surface area contributed by atoms with Crippen molar-refractivity contribution in [3.8, 4) is 11.1 Å². The molecule has 2 aliphatic heterocycles. The van der Waals surface area contributed by atoms with Crippen molar-refractivity contribution in [2.75, 3.05) is 44.2 Å². The number of halogens is 5. The molecular formula is C47H58F5N5O7S. The van der Waals surface area contributed by atoms with Gasteiger partial charge < -0.3 is 25.2 Å². The fraction of sp³-hybridized carbons (Fsp3) is 0.489. The van der Waals surface area contributed by atoms with Gasteiger partial charge in [-0.15, -0.1) is 0 Å². The zero-order valence-corrected chi connectivity index (χ0v) is 37.7. The van der Waals surface area contributed by atoms with E-state index in [2.05, 4.69) is 36.0 Å². The fourth-order valence-corrected chi connectivity index (χ4v) is 8.48. The predicted molar refractivity (Wildman–Crippen MR) is 237 cm³/mol. The SMILES string of the molecule is CC(C)(C)[C@H](c1cc(-c2cc(F)ccc2F)cn1Cc1ccccc1)N(CC1CCNC1)C(=O)CSCCC(=O)NCCCC(=O)CCCCCN1C(=O)C=CC1=O.O=C(O)C(F)(F)F. The zero-order valence-electron chi connectivity index (χ0n) is 36.9. The second-order valence-electron chi connectivity index (χ2n) is 17.1. The maximum atomic E-state index is 15.2. The molecule has 65 heavy (non-hydrogen) atoms. The molecule has 2 aromatic carbocycles. The molecule has 2 atom stereocenters. The molecule has 0 saturated carbocycles. The number of imide groups is 1. The molecular weight excluding hydrogens is 874 g/mol. The first kappa shape index (κ1) is 52.3. The summed E-state index contributed by atoms with van der Waals surface area (Å²) < 4.78 is 63.4. The van der Waals surface area contributed by atoms with Gasteiger partial charge in [0.15, 0.2) is 0 Å². The van der Waals surface area contributed by atoms with Gasteiger partial charge >= 0.3 is 12.1 Å². The van der Waals surface area contributed by atoms with Crippen LogP contribution in [0.3, 0.4) is 0 Å². The van der Waals surface area contributed by atoms with Gasteiger partial charge in [0.1, 0.15) is 17.4 Å². The average Bonchev–Trinajstić information content (AvgIpc) is 3.99. The van der Waals surface area contributed by atoms with Gasteiger partial charge in [0, 0.05) is 86.4 Å². The third-order valence-electron chi connectivity index (χ3n) is 10.8. The van der Waals surface area contributed by atoms with E-state index in [0.717, 1.165) is 49.3 Å². The summed E-state index contributed by atoms with van der Waals surface area (Å²) >= 11 is 1.41. The van der Waals surface area contributed by atoms with Gasteiger partial charge in [0.2, 0.25) is 11.8 Å². The topological polar surface area (TPSA) is 158 Å². The highest BCUT2D eigenvalue weighted by atomic mass is 32.2. The van der Waals surface area contributed by atoms with E-state index in [1.807, 2.05) is 47.5 Å². The molecule has 1 aromatic heterocycles. The third-order valence-corrected chi connectivity index (χ3v) is 11.8. The number of rotatable bonds is 22. The van der Waals surface area contributed by atoms with Gasteiger partial charge in [-0.25, -0.2) is 13.6 Å². The molecule has 2 aliphatic rings. The van der Waals surface area contributed by atoms with Crippen molar-refractivity contribution in [3.05, 3.63) is 95.8 Å². The Morgan fingerprint density at radius 2 is 1.60 bits per heavy atom. The summed E-state index contributed by atoms with van der Waals surface area (Å²) in [5, 5.41) is 13.4. The van der Waals surface area contributed by atoms with Crippen molar-refractivity contribution in [3.63, 3.8) is 0 Å². The standard InChI is InChI=1S/C45H57F2N5O5S.C2HF3O2/c1-45(2,3)44(39-25-34(37-26-35(46)15-16-38(37)47)30-50(39)28-32-11-6-4-7-12-32)52(29-33-19-22-48-27-33)43(57)31-58-24-20-40(54)49-21-10-14-36(53)13-8-5-9-23-51-41(55)17-18-42(51)56;3-2(4,5)1(6)7/h4,6-7,11-12,15-18,25-26,30,33,44,48H,5,8-10,13-14,19-24,27-29,31H2,1-3H3,(H,49,54);(H,6,7)/t33?,44-;/m0./s1. The van der Waals surface area contributed by atoms with E-state index in [1.165, 1.54) is 34.9 Å². The normalized spacial score (nSPS) is 15.4. The number of benzene rings is 2. The summed E-state index contributed by atoms with van der Waals surface area (Å²) in [5.41, 5.74) is 2.14. The Morgan fingerprint density at radius 3 is 2.23 bits per heavy atom. The lowest BCUT2D eigenvalue weighted by Gasteiger charge is -2.42. The first-order valence-electron chi connectivity index (χ1n) is 21.6. The van der Waals surface area contributed by atoms with Gasteiger partial charge in [-0.1, -0.05) is 57.5 Å². The van der Waals surface area contributed by atoms with Crippen LogP contribution in [-0.2, 0) is 35.3 Å². The van der Waals surface area contributed by atoms with E-state index in [-0.39, 0.29) is 53.1 Å². The molecule has 18 heteroatoms. The molecule has 3 aromatic rings. The number of aromatic nitrogens is 1. The number of carbonyl (C=O) groups is 6. The molecule has 4 amide bonds. The smallest absolute Gasteiger partial charge is 0.475 e. The number of hydrogen-bond acceptors (Lipinski definition) is 8. The molecule has 0 bridgehead atoms. The molecule has 0 aliphatic carbocycles. The largest absolute Gasteiger partial charge is 0.490 e.